The quantitative estimate of drug-likeness (QED) is 0.536. The summed E-state index contributed by atoms with van der Waals surface area (Å²) in [4.78, 5) is 37.2. The normalized spacial score (nSPS) is 20.8. The van der Waals surface area contributed by atoms with Crippen LogP contribution in [0.15, 0.2) is 33.4 Å². The number of Topliss-reactive ketones (excluding diaryl/α,β-unsaturated/α-hetero) is 1. The second-order valence-corrected chi connectivity index (χ2v) is 8.04. The summed E-state index contributed by atoms with van der Waals surface area (Å²) >= 11 is 0. The van der Waals surface area contributed by atoms with Crippen LogP contribution in [-0.2, 0) is 9.53 Å². The van der Waals surface area contributed by atoms with Crippen molar-refractivity contribution in [3.63, 3.8) is 0 Å². The Labute approximate surface area is 201 Å². The molecule has 4 aliphatic rings. The van der Waals surface area contributed by atoms with Crippen molar-refractivity contribution in [1.29, 1.82) is 0 Å². The Morgan fingerprint density at radius 2 is 1.84 bits per heavy atom. The third kappa shape index (κ3) is 5.89. The molecule has 0 spiro atoms. The van der Waals surface area contributed by atoms with Crippen molar-refractivity contribution in [2.75, 3.05) is 52.5 Å². The third-order valence-electron chi connectivity index (χ3n) is 5.78. The van der Waals surface area contributed by atoms with Gasteiger partial charge in [-0.25, -0.2) is 19.8 Å². The first-order valence-electron chi connectivity index (χ1n) is 10.8. The first-order valence-corrected chi connectivity index (χ1v) is 10.8. The standard InChI is InChI=1S/C21H30N6O3.2ClH/c1-3-30-21(29)25-10-8-24(9-11-25)6-4-5-7-26-15-22-20-23-19-17(14-27(20)26)12-16(2)13-18(19)28;;/h12,14H,3-11,13,15H2,1-2H3;2*1H. The molecule has 0 atom stereocenters. The van der Waals surface area contributed by atoms with Gasteiger partial charge in [0.2, 0.25) is 5.96 Å². The molecule has 0 bridgehead atoms. The van der Waals surface area contributed by atoms with Crippen LogP contribution < -0.4 is 0 Å². The zero-order valence-corrected chi connectivity index (χ0v) is 20.3. The maximum Gasteiger partial charge on any atom is 0.409 e. The van der Waals surface area contributed by atoms with E-state index >= 15 is 0 Å². The monoisotopic (exact) mass is 486 g/mol. The van der Waals surface area contributed by atoms with Crippen molar-refractivity contribution < 1.29 is 14.3 Å². The first kappa shape index (κ1) is 26.3. The lowest BCUT2D eigenvalue weighted by Gasteiger charge is -2.34. The van der Waals surface area contributed by atoms with Crippen molar-refractivity contribution in [1.82, 2.24) is 19.8 Å². The molecule has 0 unspecified atom stereocenters. The number of hydrogen-bond acceptors (Lipinski definition) is 8. The number of aliphatic imine (C=N–C) groups is 2. The summed E-state index contributed by atoms with van der Waals surface area (Å²) in [6.45, 7) is 9.98. The van der Waals surface area contributed by atoms with Crippen LogP contribution >= 0.6 is 24.8 Å². The molecule has 0 N–H and O–H groups in total. The average Bonchev–Trinajstić information content (AvgIpc) is 3.12. The van der Waals surface area contributed by atoms with E-state index in [9.17, 15) is 9.59 Å². The fraction of sp³-hybridized carbons (Fsp3) is 0.619. The van der Waals surface area contributed by atoms with Gasteiger partial charge in [0, 0.05) is 50.9 Å². The molecule has 1 saturated heterocycles. The minimum Gasteiger partial charge on any atom is -0.450 e. The molecule has 9 nitrogen and oxygen atoms in total. The van der Waals surface area contributed by atoms with Gasteiger partial charge in [-0.05, 0) is 33.2 Å². The molecule has 32 heavy (non-hydrogen) atoms. The highest BCUT2D eigenvalue weighted by atomic mass is 35.5. The Hall–Kier alpha value is -1.94. The van der Waals surface area contributed by atoms with Crippen molar-refractivity contribution in [2.45, 2.75) is 33.1 Å². The average molecular weight is 487 g/mol. The smallest absolute Gasteiger partial charge is 0.409 e. The van der Waals surface area contributed by atoms with Gasteiger partial charge >= 0.3 is 6.09 Å². The Morgan fingerprint density at radius 3 is 2.56 bits per heavy atom. The highest BCUT2D eigenvalue weighted by Crippen LogP contribution is 2.25. The van der Waals surface area contributed by atoms with E-state index in [-0.39, 0.29) is 36.7 Å². The Morgan fingerprint density at radius 1 is 1.12 bits per heavy atom. The summed E-state index contributed by atoms with van der Waals surface area (Å²) < 4.78 is 5.07. The predicted octanol–water partition coefficient (Wildman–Crippen LogP) is 2.49. The van der Waals surface area contributed by atoms with Crippen molar-refractivity contribution in [3.8, 4) is 0 Å². The number of rotatable bonds is 6. The third-order valence-corrected chi connectivity index (χ3v) is 5.78. The van der Waals surface area contributed by atoms with Gasteiger partial charge in [0.25, 0.3) is 0 Å². The molecule has 4 rings (SSSR count). The Balaban J connectivity index is 0.00000181. The molecule has 1 fully saturated rings. The molecule has 3 aliphatic heterocycles. The van der Waals surface area contributed by atoms with Crippen LogP contribution in [0.1, 0.15) is 33.1 Å². The lowest BCUT2D eigenvalue weighted by Crippen LogP contribution is -2.49. The molecule has 11 heteroatoms. The van der Waals surface area contributed by atoms with Crippen LogP contribution in [0.5, 0.6) is 0 Å². The van der Waals surface area contributed by atoms with Crippen molar-refractivity contribution >= 4 is 48.4 Å². The first-order chi connectivity index (χ1) is 14.5. The molecule has 0 aromatic rings. The highest BCUT2D eigenvalue weighted by Gasteiger charge is 2.32. The number of ether oxygens (including phenoxy) is 1. The topological polar surface area (TPSA) is 81.0 Å². The number of carbonyl (C=O) groups excluding carboxylic acids is 2. The summed E-state index contributed by atoms with van der Waals surface area (Å²) in [7, 11) is 0. The van der Waals surface area contributed by atoms with E-state index in [2.05, 4.69) is 19.9 Å². The van der Waals surface area contributed by atoms with E-state index in [1.807, 2.05) is 31.1 Å². The van der Waals surface area contributed by atoms with Crippen molar-refractivity contribution in [2.24, 2.45) is 9.98 Å². The number of piperazine rings is 1. The van der Waals surface area contributed by atoms with E-state index in [0.29, 0.717) is 31.4 Å². The largest absolute Gasteiger partial charge is 0.450 e. The number of unbranched alkanes of at least 4 members (excludes halogenated alkanes) is 1. The maximum absolute atomic E-state index is 12.2. The Kier molecular flexibility index (Phi) is 9.69. The summed E-state index contributed by atoms with van der Waals surface area (Å²) in [5.41, 5.74) is 2.49. The number of ketones is 1. The second-order valence-electron chi connectivity index (χ2n) is 8.04. The maximum atomic E-state index is 12.2. The number of amides is 1. The second kappa shape index (κ2) is 11.8. The van der Waals surface area contributed by atoms with E-state index in [1.54, 1.807) is 4.90 Å². The van der Waals surface area contributed by atoms with Gasteiger partial charge in [-0.15, -0.1) is 24.8 Å². The van der Waals surface area contributed by atoms with Crippen LogP contribution in [0.4, 0.5) is 4.79 Å². The molecule has 0 aromatic carbocycles. The van der Waals surface area contributed by atoms with Gasteiger partial charge in [-0.1, -0.05) is 11.6 Å². The van der Waals surface area contributed by atoms with Gasteiger partial charge < -0.3 is 9.64 Å². The van der Waals surface area contributed by atoms with Crippen LogP contribution in [0, 0.1) is 0 Å². The minimum atomic E-state index is -0.201. The molecule has 0 saturated carbocycles. The van der Waals surface area contributed by atoms with Gasteiger partial charge in [-0.2, -0.15) is 5.01 Å². The fourth-order valence-corrected chi connectivity index (χ4v) is 4.15. The molecule has 0 aromatic heterocycles. The Bertz CT molecular complexity index is 833. The molecular formula is C21H32Cl2N6O3. The summed E-state index contributed by atoms with van der Waals surface area (Å²) in [6, 6.07) is 0. The molecule has 0 radical (unpaired) electrons. The van der Waals surface area contributed by atoms with Gasteiger partial charge in [0.1, 0.15) is 12.4 Å². The number of nitrogens with zero attached hydrogens (tertiary/aromatic N) is 6. The van der Waals surface area contributed by atoms with Gasteiger partial charge in [0.05, 0.1) is 6.61 Å². The van der Waals surface area contributed by atoms with Crippen LogP contribution in [0.25, 0.3) is 0 Å². The van der Waals surface area contributed by atoms with E-state index < -0.39 is 0 Å². The van der Waals surface area contributed by atoms with Gasteiger partial charge in [0.15, 0.2) is 5.78 Å². The zero-order chi connectivity index (χ0) is 21.1. The minimum absolute atomic E-state index is 0. The molecule has 1 aliphatic carbocycles. The number of allylic oxidation sites excluding steroid dienone is 3. The van der Waals surface area contributed by atoms with Crippen LogP contribution in [-0.4, -0.2) is 95.9 Å². The van der Waals surface area contributed by atoms with Gasteiger partial charge in [-0.3, -0.25) is 9.69 Å². The number of fused-ring (bicyclic) bond motifs is 2. The highest BCUT2D eigenvalue weighted by molar-refractivity contribution is 6.49. The lowest BCUT2D eigenvalue weighted by atomic mass is 9.93. The molecule has 3 heterocycles. The molecule has 178 valence electrons. The number of carbonyl (C=O) groups is 2. The van der Waals surface area contributed by atoms with E-state index in [1.165, 1.54) is 0 Å². The van der Waals surface area contributed by atoms with E-state index in [0.717, 1.165) is 63.3 Å². The number of guanidine groups is 1. The van der Waals surface area contributed by atoms with Crippen molar-refractivity contribution in [3.05, 3.63) is 23.4 Å². The summed E-state index contributed by atoms with van der Waals surface area (Å²) in [5.74, 6) is 0.690. The number of hydrogen-bond donors (Lipinski definition) is 0. The van der Waals surface area contributed by atoms with E-state index in [4.69, 9.17) is 4.74 Å². The fourth-order valence-electron chi connectivity index (χ4n) is 4.15. The molecular weight excluding hydrogens is 455 g/mol. The van der Waals surface area contributed by atoms with Crippen LogP contribution in [0.3, 0.4) is 0 Å². The lowest BCUT2D eigenvalue weighted by molar-refractivity contribution is -0.112. The summed E-state index contributed by atoms with van der Waals surface area (Å²) in [6.07, 6.45) is 6.41. The number of hydrazine groups is 1. The number of halogens is 2. The van der Waals surface area contributed by atoms with Crippen LogP contribution in [0.2, 0.25) is 0 Å². The molecule has 1 amide bonds. The summed E-state index contributed by atoms with van der Waals surface area (Å²) in [5, 5.41) is 4.16. The zero-order valence-electron chi connectivity index (χ0n) is 18.7. The predicted molar refractivity (Wildman–Crippen MR) is 129 cm³/mol. The SMILES string of the molecule is CCOC(=O)N1CCN(CCCCN2CN=C3N=C4C(=O)CC(C)=CC4=CN32)CC1.Cl.Cl.